The molecule has 1 aliphatic heterocycles. The topological polar surface area (TPSA) is 46.6 Å². The van der Waals surface area contributed by atoms with Crippen molar-refractivity contribution >= 4 is 29.1 Å². The number of hydrogen-bond acceptors (Lipinski definition) is 3. The van der Waals surface area contributed by atoms with Gasteiger partial charge in [0.15, 0.2) is 0 Å². The highest BCUT2D eigenvalue weighted by molar-refractivity contribution is 6.30. The zero-order valence-electron chi connectivity index (χ0n) is 14.5. The van der Waals surface area contributed by atoms with Gasteiger partial charge in [0.1, 0.15) is 11.5 Å². The summed E-state index contributed by atoms with van der Waals surface area (Å²) in [5.74, 6) is 1.40. The molecule has 2 aromatic rings. The summed E-state index contributed by atoms with van der Waals surface area (Å²) < 4.78 is 5.77. The van der Waals surface area contributed by atoms with Gasteiger partial charge in [-0.25, -0.2) is 0 Å². The van der Waals surface area contributed by atoms with Crippen LogP contribution in [0.3, 0.4) is 0 Å². The average molecular weight is 370 g/mol. The molecule has 2 fully saturated rings. The lowest BCUT2D eigenvalue weighted by Crippen LogP contribution is -2.30. The molecule has 4 rings (SSSR count). The van der Waals surface area contributed by atoms with Gasteiger partial charge in [0, 0.05) is 5.02 Å². The molecule has 0 N–H and O–H groups in total. The molecular weight excluding hydrogens is 350 g/mol. The molecule has 134 valence electrons. The van der Waals surface area contributed by atoms with Crippen LogP contribution in [-0.4, -0.2) is 11.8 Å². The van der Waals surface area contributed by atoms with Gasteiger partial charge in [-0.1, -0.05) is 18.5 Å². The standard InChI is InChI=1S/C21H20ClNO3/c1-13-2-11-18-19(12-13)21(25)23(20(18)24)15-5-9-17(10-6-15)26-16-7-3-14(22)4-8-16/h3-10,13,18-19H,2,11-12H2,1H3/t13-,18+,19-/m0/s1. The number of halogens is 1. The fraction of sp³-hybridized carbons (Fsp3) is 0.333. The second kappa shape index (κ2) is 6.76. The van der Waals surface area contributed by atoms with Gasteiger partial charge in [-0.2, -0.15) is 0 Å². The number of imide groups is 1. The van der Waals surface area contributed by atoms with Crippen LogP contribution in [0.25, 0.3) is 0 Å². The maximum atomic E-state index is 12.8. The van der Waals surface area contributed by atoms with E-state index in [0.717, 1.165) is 19.3 Å². The van der Waals surface area contributed by atoms with Crippen LogP contribution in [0.2, 0.25) is 5.02 Å². The van der Waals surface area contributed by atoms with Crippen molar-refractivity contribution in [1.82, 2.24) is 0 Å². The average Bonchev–Trinajstić information content (AvgIpc) is 2.88. The van der Waals surface area contributed by atoms with Gasteiger partial charge in [0.25, 0.3) is 0 Å². The van der Waals surface area contributed by atoms with Gasteiger partial charge in [0.05, 0.1) is 17.5 Å². The number of anilines is 1. The molecule has 0 aromatic heterocycles. The van der Waals surface area contributed by atoms with Crippen LogP contribution in [0.5, 0.6) is 11.5 Å². The molecule has 2 aromatic carbocycles. The van der Waals surface area contributed by atoms with E-state index in [0.29, 0.717) is 28.1 Å². The zero-order chi connectivity index (χ0) is 18.3. The van der Waals surface area contributed by atoms with Crippen molar-refractivity contribution in [2.24, 2.45) is 17.8 Å². The molecule has 3 atom stereocenters. The molecule has 2 amide bonds. The van der Waals surface area contributed by atoms with E-state index in [1.807, 2.05) is 0 Å². The lowest BCUT2D eigenvalue weighted by Gasteiger charge is -2.25. The van der Waals surface area contributed by atoms with Crippen LogP contribution in [0.4, 0.5) is 5.69 Å². The molecule has 1 heterocycles. The molecule has 1 saturated carbocycles. The first kappa shape index (κ1) is 17.1. The summed E-state index contributed by atoms with van der Waals surface area (Å²) in [6, 6.07) is 14.2. The quantitative estimate of drug-likeness (QED) is 0.710. The Morgan fingerprint density at radius 2 is 1.46 bits per heavy atom. The van der Waals surface area contributed by atoms with Crippen molar-refractivity contribution < 1.29 is 14.3 Å². The summed E-state index contributed by atoms with van der Waals surface area (Å²) in [6.07, 6.45) is 2.63. The maximum Gasteiger partial charge on any atom is 0.237 e. The third-order valence-corrected chi connectivity index (χ3v) is 5.58. The highest BCUT2D eigenvalue weighted by Gasteiger charge is 2.49. The number of rotatable bonds is 3. The number of amides is 2. The van der Waals surface area contributed by atoms with Crippen LogP contribution >= 0.6 is 11.6 Å². The van der Waals surface area contributed by atoms with E-state index in [2.05, 4.69) is 6.92 Å². The SMILES string of the molecule is C[C@H]1CC[C@H]2C(=O)N(c3ccc(Oc4ccc(Cl)cc4)cc3)C(=O)[C@H]2C1. The van der Waals surface area contributed by atoms with Crippen LogP contribution in [0.1, 0.15) is 26.2 Å². The van der Waals surface area contributed by atoms with Crippen molar-refractivity contribution in [3.63, 3.8) is 0 Å². The van der Waals surface area contributed by atoms with E-state index < -0.39 is 0 Å². The Kier molecular flexibility index (Phi) is 4.45. The minimum atomic E-state index is -0.156. The third-order valence-electron chi connectivity index (χ3n) is 5.33. The van der Waals surface area contributed by atoms with E-state index in [1.165, 1.54) is 4.90 Å². The molecule has 0 bridgehead atoms. The third kappa shape index (κ3) is 3.10. The lowest BCUT2D eigenvalue weighted by molar-refractivity contribution is -0.122. The molecule has 1 saturated heterocycles. The molecule has 26 heavy (non-hydrogen) atoms. The van der Waals surface area contributed by atoms with Crippen LogP contribution in [0.15, 0.2) is 48.5 Å². The van der Waals surface area contributed by atoms with Crippen LogP contribution in [-0.2, 0) is 9.59 Å². The van der Waals surface area contributed by atoms with E-state index in [1.54, 1.807) is 48.5 Å². The highest BCUT2D eigenvalue weighted by Crippen LogP contribution is 2.42. The molecule has 0 unspecified atom stereocenters. The monoisotopic (exact) mass is 369 g/mol. The predicted molar refractivity (Wildman–Crippen MR) is 100 cm³/mol. The second-order valence-corrected chi connectivity index (χ2v) is 7.63. The summed E-state index contributed by atoms with van der Waals surface area (Å²) in [5, 5.41) is 0.648. The number of hydrogen-bond donors (Lipinski definition) is 0. The van der Waals surface area contributed by atoms with Gasteiger partial charge in [-0.3, -0.25) is 14.5 Å². The van der Waals surface area contributed by atoms with Gasteiger partial charge in [-0.15, -0.1) is 0 Å². The van der Waals surface area contributed by atoms with Crippen molar-refractivity contribution in [3.8, 4) is 11.5 Å². The second-order valence-electron chi connectivity index (χ2n) is 7.19. The molecule has 2 aliphatic rings. The molecule has 1 aliphatic carbocycles. The molecule has 5 heteroatoms. The molecule has 0 spiro atoms. The first-order valence-corrected chi connectivity index (χ1v) is 9.32. The number of carbonyl (C=O) groups is 2. The summed E-state index contributed by atoms with van der Waals surface area (Å²) >= 11 is 5.87. The summed E-state index contributed by atoms with van der Waals surface area (Å²) in [5.41, 5.74) is 0.616. The fourth-order valence-corrected chi connectivity index (χ4v) is 4.07. The Morgan fingerprint density at radius 3 is 2.12 bits per heavy atom. The van der Waals surface area contributed by atoms with Crippen molar-refractivity contribution in [2.45, 2.75) is 26.2 Å². The number of benzene rings is 2. The minimum absolute atomic E-state index is 0.0572. The first-order valence-electron chi connectivity index (χ1n) is 8.94. The van der Waals surface area contributed by atoms with E-state index in [-0.39, 0.29) is 23.7 Å². The summed E-state index contributed by atoms with van der Waals surface area (Å²) in [7, 11) is 0. The van der Waals surface area contributed by atoms with Gasteiger partial charge < -0.3 is 4.74 Å². The Hall–Kier alpha value is -2.33. The van der Waals surface area contributed by atoms with Gasteiger partial charge >= 0.3 is 0 Å². The summed E-state index contributed by atoms with van der Waals surface area (Å²) in [4.78, 5) is 26.9. The Bertz CT molecular complexity index is 831. The zero-order valence-corrected chi connectivity index (χ0v) is 15.3. The van der Waals surface area contributed by atoms with E-state index in [9.17, 15) is 9.59 Å². The van der Waals surface area contributed by atoms with Crippen LogP contribution < -0.4 is 9.64 Å². The molecule has 4 nitrogen and oxygen atoms in total. The maximum absolute atomic E-state index is 12.8. The van der Waals surface area contributed by atoms with Crippen molar-refractivity contribution in [3.05, 3.63) is 53.6 Å². The minimum Gasteiger partial charge on any atom is -0.457 e. The van der Waals surface area contributed by atoms with E-state index >= 15 is 0 Å². The fourth-order valence-electron chi connectivity index (χ4n) is 3.95. The van der Waals surface area contributed by atoms with E-state index in [4.69, 9.17) is 16.3 Å². The lowest BCUT2D eigenvalue weighted by atomic mass is 9.76. The smallest absolute Gasteiger partial charge is 0.237 e. The predicted octanol–water partition coefficient (Wildman–Crippen LogP) is 5.06. The summed E-state index contributed by atoms with van der Waals surface area (Å²) in [6.45, 7) is 2.15. The number of ether oxygens (including phenoxy) is 1. The Labute approximate surface area is 157 Å². The number of nitrogens with zero attached hydrogens (tertiary/aromatic N) is 1. The number of fused-ring (bicyclic) bond motifs is 1. The Morgan fingerprint density at radius 1 is 0.885 bits per heavy atom. The van der Waals surface area contributed by atoms with Crippen molar-refractivity contribution in [1.29, 1.82) is 0 Å². The molecular formula is C21H20ClNO3. The first-order chi connectivity index (χ1) is 12.5. The van der Waals surface area contributed by atoms with Crippen molar-refractivity contribution in [2.75, 3.05) is 4.90 Å². The highest BCUT2D eigenvalue weighted by atomic mass is 35.5. The Balaban J connectivity index is 1.52. The normalized spacial score (nSPS) is 25.3. The van der Waals surface area contributed by atoms with Crippen LogP contribution in [0, 0.1) is 17.8 Å². The number of carbonyl (C=O) groups excluding carboxylic acids is 2. The molecule has 0 radical (unpaired) electrons. The largest absolute Gasteiger partial charge is 0.457 e. The van der Waals surface area contributed by atoms with Gasteiger partial charge in [-0.05, 0) is 73.7 Å². The van der Waals surface area contributed by atoms with Gasteiger partial charge in [0.2, 0.25) is 11.8 Å².